The summed E-state index contributed by atoms with van der Waals surface area (Å²) < 4.78 is 1.84. The molecule has 0 aliphatic rings. The van der Waals surface area contributed by atoms with Gasteiger partial charge in [-0.15, -0.1) is 0 Å². The van der Waals surface area contributed by atoms with E-state index in [-0.39, 0.29) is 0 Å². The van der Waals surface area contributed by atoms with Crippen molar-refractivity contribution < 1.29 is 0 Å². The van der Waals surface area contributed by atoms with Gasteiger partial charge in [0.05, 0.1) is 6.20 Å². The number of aryl methyl sites for hydroxylation is 1. The highest BCUT2D eigenvalue weighted by Gasteiger charge is 2.10. The molecule has 3 heteroatoms. The van der Waals surface area contributed by atoms with E-state index in [9.17, 15) is 0 Å². The van der Waals surface area contributed by atoms with Crippen molar-refractivity contribution in [3.05, 3.63) is 53.9 Å². The van der Waals surface area contributed by atoms with Crippen LogP contribution in [-0.4, -0.2) is 16.3 Å². The molecule has 0 aliphatic carbocycles. The van der Waals surface area contributed by atoms with Crippen molar-refractivity contribution in [1.29, 1.82) is 0 Å². The van der Waals surface area contributed by atoms with Crippen LogP contribution in [0.15, 0.2) is 42.7 Å². The summed E-state index contributed by atoms with van der Waals surface area (Å²) >= 11 is 0. The molecule has 2 atom stereocenters. The Bertz CT molecular complexity index is 475. The van der Waals surface area contributed by atoms with E-state index in [2.05, 4.69) is 60.8 Å². The smallest absolute Gasteiger partial charge is 0.0537 e. The molecule has 2 unspecified atom stereocenters. The van der Waals surface area contributed by atoms with Gasteiger partial charge in [0.25, 0.3) is 0 Å². The second-order valence-corrected chi connectivity index (χ2v) is 4.89. The third kappa shape index (κ3) is 3.20. The quantitative estimate of drug-likeness (QED) is 0.875. The fraction of sp³-hybridized carbons (Fsp3) is 0.400. The lowest BCUT2D eigenvalue weighted by molar-refractivity contribution is 0.537. The molecule has 0 saturated heterocycles. The molecule has 1 aromatic heterocycles. The molecule has 0 aliphatic heterocycles. The van der Waals surface area contributed by atoms with Crippen LogP contribution in [0.4, 0.5) is 0 Å². The summed E-state index contributed by atoms with van der Waals surface area (Å²) in [6.07, 6.45) is 3.98. The molecule has 0 fully saturated rings. The topological polar surface area (TPSA) is 29.9 Å². The Labute approximate surface area is 109 Å². The molecule has 1 aromatic carbocycles. The number of nitrogens with one attached hydrogen (secondary N) is 1. The summed E-state index contributed by atoms with van der Waals surface area (Å²) in [6, 6.07) is 10.9. The molecular formula is C15H21N3. The van der Waals surface area contributed by atoms with Gasteiger partial charge < -0.3 is 5.32 Å². The van der Waals surface area contributed by atoms with E-state index in [4.69, 9.17) is 0 Å². The largest absolute Gasteiger partial charge is 0.309 e. The Morgan fingerprint density at radius 3 is 2.50 bits per heavy atom. The van der Waals surface area contributed by atoms with E-state index < -0.39 is 0 Å². The predicted molar refractivity (Wildman–Crippen MR) is 74.5 cm³/mol. The fourth-order valence-corrected chi connectivity index (χ4v) is 2.03. The van der Waals surface area contributed by atoms with Gasteiger partial charge in [0.15, 0.2) is 0 Å². The number of rotatable bonds is 5. The SMILES string of the molecule is CC(CNC(C)c1cnn(C)c1)c1ccccc1. The summed E-state index contributed by atoms with van der Waals surface area (Å²) in [6.45, 7) is 5.40. The lowest BCUT2D eigenvalue weighted by Gasteiger charge is -2.17. The van der Waals surface area contributed by atoms with Gasteiger partial charge in [0.2, 0.25) is 0 Å². The Kier molecular flexibility index (Phi) is 4.15. The molecule has 1 N–H and O–H groups in total. The predicted octanol–water partition coefficient (Wildman–Crippen LogP) is 2.87. The third-order valence-corrected chi connectivity index (χ3v) is 3.32. The van der Waals surface area contributed by atoms with E-state index in [0.29, 0.717) is 12.0 Å². The lowest BCUT2D eigenvalue weighted by atomic mass is 10.0. The van der Waals surface area contributed by atoms with Crippen LogP contribution < -0.4 is 5.32 Å². The first-order chi connectivity index (χ1) is 8.66. The Balaban J connectivity index is 1.88. The minimum Gasteiger partial charge on any atom is -0.309 e. The van der Waals surface area contributed by atoms with E-state index in [0.717, 1.165) is 6.54 Å². The van der Waals surface area contributed by atoms with Gasteiger partial charge in [-0.3, -0.25) is 4.68 Å². The van der Waals surface area contributed by atoms with E-state index in [1.807, 2.05) is 17.9 Å². The standard InChI is InChI=1S/C15H21N3/c1-12(14-7-5-4-6-8-14)9-16-13(2)15-10-17-18(3)11-15/h4-8,10-13,16H,9H2,1-3H3. The maximum Gasteiger partial charge on any atom is 0.0537 e. The van der Waals surface area contributed by atoms with Crippen molar-refractivity contribution in [2.75, 3.05) is 6.54 Å². The summed E-state index contributed by atoms with van der Waals surface area (Å²) in [5, 5.41) is 7.76. The maximum atomic E-state index is 4.20. The van der Waals surface area contributed by atoms with Gasteiger partial charge in [-0.1, -0.05) is 37.3 Å². The highest BCUT2D eigenvalue weighted by molar-refractivity contribution is 5.19. The molecule has 0 saturated carbocycles. The molecule has 2 aromatic rings. The summed E-state index contributed by atoms with van der Waals surface area (Å²) in [7, 11) is 1.95. The van der Waals surface area contributed by atoms with Crippen molar-refractivity contribution >= 4 is 0 Å². The number of aromatic nitrogens is 2. The van der Waals surface area contributed by atoms with Crippen molar-refractivity contribution in [3.8, 4) is 0 Å². The molecule has 0 spiro atoms. The van der Waals surface area contributed by atoms with E-state index in [1.165, 1.54) is 11.1 Å². The van der Waals surface area contributed by atoms with Crippen LogP contribution in [0.5, 0.6) is 0 Å². The molecule has 0 radical (unpaired) electrons. The zero-order valence-corrected chi connectivity index (χ0v) is 11.3. The van der Waals surface area contributed by atoms with Gasteiger partial charge in [-0.2, -0.15) is 5.10 Å². The highest BCUT2D eigenvalue weighted by Crippen LogP contribution is 2.16. The fourth-order valence-electron chi connectivity index (χ4n) is 2.03. The Hall–Kier alpha value is -1.61. The van der Waals surface area contributed by atoms with Gasteiger partial charge >= 0.3 is 0 Å². The molecule has 96 valence electrons. The number of hydrogen-bond acceptors (Lipinski definition) is 2. The second kappa shape index (κ2) is 5.83. The van der Waals surface area contributed by atoms with Crippen LogP contribution >= 0.6 is 0 Å². The third-order valence-electron chi connectivity index (χ3n) is 3.32. The lowest BCUT2D eigenvalue weighted by Crippen LogP contribution is -2.23. The average Bonchev–Trinajstić information content (AvgIpc) is 2.83. The zero-order valence-electron chi connectivity index (χ0n) is 11.3. The number of nitrogens with zero attached hydrogens (tertiary/aromatic N) is 2. The Morgan fingerprint density at radius 1 is 1.17 bits per heavy atom. The summed E-state index contributed by atoms with van der Waals surface area (Å²) in [5.74, 6) is 0.519. The molecule has 2 rings (SSSR count). The van der Waals surface area contributed by atoms with Crippen molar-refractivity contribution in [2.24, 2.45) is 7.05 Å². The van der Waals surface area contributed by atoms with E-state index in [1.54, 1.807) is 0 Å². The second-order valence-electron chi connectivity index (χ2n) is 4.89. The van der Waals surface area contributed by atoms with Gasteiger partial charge in [0, 0.05) is 31.4 Å². The van der Waals surface area contributed by atoms with E-state index >= 15 is 0 Å². The van der Waals surface area contributed by atoms with Crippen LogP contribution in [0, 0.1) is 0 Å². The average molecular weight is 243 g/mol. The van der Waals surface area contributed by atoms with Gasteiger partial charge in [-0.05, 0) is 18.4 Å². The molecule has 3 nitrogen and oxygen atoms in total. The van der Waals surface area contributed by atoms with Crippen LogP contribution in [0.25, 0.3) is 0 Å². The van der Waals surface area contributed by atoms with Gasteiger partial charge in [-0.25, -0.2) is 0 Å². The monoisotopic (exact) mass is 243 g/mol. The van der Waals surface area contributed by atoms with Crippen LogP contribution in [0.1, 0.15) is 36.9 Å². The molecular weight excluding hydrogens is 222 g/mol. The van der Waals surface area contributed by atoms with Crippen molar-refractivity contribution in [2.45, 2.75) is 25.8 Å². The zero-order chi connectivity index (χ0) is 13.0. The molecule has 1 heterocycles. The molecule has 0 amide bonds. The summed E-state index contributed by atoms with van der Waals surface area (Å²) in [5.41, 5.74) is 2.61. The first-order valence-electron chi connectivity index (χ1n) is 6.43. The van der Waals surface area contributed by atoms with Crippen LogP contribution in [-0.2, 0) is 7.05 Å². The highest BCUT2D eigenvalue weighted by atomic mass is 15.2. The first-order valence-corrected chi connectivity index (χ1v) is 6.43. The maximum absolute atomic E-state index is 4.20. The molecule has 18 heavy (non-hydrogen) atoms. The number of hydrogen-bond donors (Lipinski definition) is 1. The van der Waals surface area contributed by atoms with Crippen molar-refractivity contribution in [1.82, 2.24) is 15.1 Å². The molecule has 0 bridgehead atoms. The minimum absolute atomic E-state index is 0.338. The van der Waals surface area contributed by atoms with Crippen molar-refractivity contribution in [3.63, 3.8) is 0 Å². The minimum atomic E-state index is 0.338. The Morgan fingerprint density at radius 2 is 1.89 bits per heavy atom. The summed E-state index contributed by atoms with van der Waals surface area (Å²) in [4.78, 5) is 0. The number of benzene rings is 1. The van der Waals surface area contributed by atoms with Gasteiger partial charge in [0.1, 0.15) is 0 Å². The van der Waals surface area contributed by atoms with Crippen LogP contribution in [0.3, 0.4) is 0 Å². The first kappa shape index (κ1) is 12.8. The van der Waals surface area contributed by atoms with Crippen LogP contribution in [0.2, 0.25) is 0 Å². The normalized spacial score (nSPS) is 14.4.